The lowest BCUT2D eigenvalue weighted by atomic mass is 10.2. The highest BCUT2D eigenvalue weighted by molar-refractivity contribution is 8.01. The Morgan fingerprint density at radius 2 is 2.12 bits per heavy atom. The molecule has 1 saturated heterocycles. The molecule has 3 rings (SSSR count). The van der Waals surface area contributed by atoms with Crippen LogP contribution in [0.2, 0.25) is 0 Å². The lowest BCUT2D eigenvalue weighted by molar-refractivity contribution is -0.129. The summed E-state index contributed by atoms with van der Waals surface area (Å²) in [5.41, 5.74) is 1.50. The van der Waals surface area contributed by atoms with E-state index in [0.29, 0.717) is 18.7 Å². The molecule has 2 aromatic rings. The van der Waals surface area contributed by atoms with E-state index in [2.05, 4.69) is 13.0 Å². The Morgan fingerprint density at radius 1 is 1.35 bits per heavy atom. The van der Waals surface area contributed by atoms with Crippen molar-refractivity contribution in [3.8, 4) is 0 Å². The van der Waals surface area contributed by atoms with Crippen LogP contribution in [0.25, 0.3) is 0 Å². The number of carbonyl (C=O) groups is 2. The smallest absolute Gasteiger partial charge is 0.253 e. The molecule has 1 aromatic heterocycles. The van der Waals surface area contributed by atoms with Crippen molar-refractivity contribution < 1.29 is 14.0 Å². The predicted octanol–water partition coefficient (Wildman–Crippen LogP) is 3.93. The first-order valence-electron chi connectivity index (χ1n) is 8.39. The van der Waals surface area contributed by atoms with Crippen molar-refractivity contribution in [2.75, 3.05) is 20.1 Å². The standard InChI is InChI=1S/C19H21FN2O2S2/c1-12-7-10-25-16(12)19-22(17(23)13(2)26-19)9-8-21(3)18(24)14-5-4-6-15(20)11-14/h4-7,10-11,13,19H,8-9H2,1-3H3/t13-,19-/m1/s1. The topological polar surface area (TPSA) is 40.6 Å². The molecule has 0 radical (unpaired) electrons. The molecule has 1 aliphatic rings. The Balaban J connectivity index is 1.69. The van der Waals surface area contributed by atoms with Crippen LogP contribution in [0.3, 0.4) is 0 Å². The summed E-state index contributed by atoms with van der Waals surface area (Å²) < 4.78 is 13.3. The number of aryl methyl sites for hydroxylation is 1. The number of thioether (sulfide) groups is 1. The number of amides is 2. The number of hydrogen-bond donors (Lipinski definition) is 0. The van der Waals surface area contributed by atoms with Crippen molar-refractivity contribution in [1.82, 2.24) is 9.80 Å². The third kappa shape index (κ3) is 3.78. The van der Waals surface area contributed by atoms with Gasteiger partial charge in [-0.2, -0.15) is 0 Å². The van der Waals surface area contributed by atoms with Gasteiger partial charge in [0.15, 0.2) is 0 Å². The van der Waals surface area contributed by atoms with Crippen LogP contribution >= 0.6 is 23.1 Å². The van der Waals surface area contributed by atoms with Crippen molar-refractivity contribution >= 4 is 34.9 Å². The number of benzene rings is 1. The fraction of sp³-hybridized carbons (Fsp3) is 0.368. The van der Waals surface area contributed by atoms with Crippen molar-refractivity contribution in [3.63, 3.8) is 0 Å². The van der Waals surface area contributed by atoms with Gasteiger partial charge in [-0.05, 0) is 49.1 Å². The zero-order valence-electron chi connectivity index (χ0n) is 14.9. The van der Waals surface area contributed by atoms with E-state index >= 15 is 0 Å². The Hall–Kier alpha value is -1.86. The van der Waals surface area contributed by atoms with E-state index in [1.807, 2.05) is 17.2 Å². The minimum Gasteiger partial charge on any atom is -0.340 e. The molecule has 2 heterocycles. The molecular formula is C19H21FN2O2S2. The SMILES string of the molecule is Cc1ccsc1[C@H]1S[C@H](C)C(=O)N1CCN(C)C(=O)c1cccc(F)c1. The van der Waals surface area contributed by atoms with Crippen LogP contribution in [-0.2, 0) is 4.79 Å². The minimum atomic E-state index is -0.433. The zero-order valence-corrected chi connectivity index (χ0v) is 16.6. The van der Waals surface area contributed by atoms with Crippen molar-refractivity contribution in [3.05, 3.63) is 57.5 Å². The van der Waals surface area contributed by atoms with Gasteiger partial charge in [-0.1, -0.05) is 6.07 Å². The molecule has 138 valence electrons. The summed E-state index contributed by atoms with van der Waals surface area (Å²) in [5, 5.41) is 1.94. The molecule has 0 bridgehead atoms. The molecule has 4 nitrogen and oxygen atoms in total. The molecule has 0 saturated carbocycles. The van der Waals surface area contributed by atoms with E-state index in [9.17, 15) is 14.0 Å². The van der Waals surface area contributed by atoms with E-state index in [0.717, 1.165) is 0 Å². The van der Waals surface area contributed by atoms with Crippen molar-refractivity contribution in [2.24, 2.45) is 0 Å². The second-order valence-electron chi connectivity index (χ2n) is 6.37. The zero-order chi connectivity index (χ0) is 18.8. The van der Waals surface area contributed by atoms with Gasteiger partial charge < -0.3 is 9.80 Å². The van der Waals surface area contributed by atoms with Crippen LogP contribution in [0.15, 0.2) is 35.7 Å². The first-order chi connectivity index (χ1) is 12.4. The van der Waals surface area contributed by atoms with Gasteiger partial charge in [-0.25, -0.2) is 4.39 Å². The van der Waals surface area contributed by atoms with Gasteiger partial charge in [-0.15, -0.1) is 23.1 Å². The predicted molar refractivity (Wildman–Crippen MR) is 104 cm³/mol. The molecular weight excluding hydrogens is 371 g/mol. The Labute approximate surface area is 161 Å². The van der Waals surface area contributed by atoms with E-state index in [-0.39, 0.29) is 22.4 Å². The van der Waals surface area contributed by atoms with Crippen LogP contribution in [0, 0.1) is 12.7 Å². The van der Waals surface area contributed by atoms with Gasteiger partial charge in [0.25, 0.3) is 5.91 Å². The summed E-state index contributed by atoms with van der Waals surface area (Å²) in [6.45, 7) is 4.83. The summed E-state index contributed by atoms with van der Waals surface area (Å²) in [4.78, 5) is 29.6. The van der Waals surface area contributed by atoms with Gasteiger partial charge in [0.1, 0.15) is 11.2 Å². The van der Waals surface area contributed by atoms with Crippen LogP contribution in [0.5, 0.6) is 0 Å². The van der Waals surface area contributed by atoms with Gasteiger partial charge in [-0.3, -0.25) is 9.59 Å². The van der Waals surface area contributed by atoms with Crippen LogP contribution in [-0.4, -0.2) is 47.0 Å². The maximum absolute atomic E-state index is 13.3. The van der Waals surface area contributed by atoms with Gasteiger partial charge in [0, 0.05) is 30.6 Å². The minimum absolute atomic E-state index is 0.00447. The average molecular weight is 393 g/mol. The quantitative estimate of drug-likeness (QED) is 0.774. The summed E-state index contributed by atoms with van der Waals surface area (Å²) in [7, 11) is 1.68. The van der Waals surface area contributed by atoms with Gasteiger partial charge in [0.05, 0.1) is 5.25 Å². The number of thiophene rings is 1. The molecule has 7 heteroatoms. The van der Waals surface area contributed by atoms with Gasteiger partial charge >= 0.3 is 0 Å². The number of rotatable bonds is 5. The van der Waals surface area contributed by atoms with E-state index in [4.69, 9.17) is 0 Å². The molecule has 0 spiro atoms. The molecule has 26 heavy (non-hydrogen) atoms. The maximum atomic E-state index is 13.3. The first-order valence-corrected chi connectivity index (χ1v) is 10.2. The summed E-state index contributed by atoms with van der Waals surface area (Å²) in [6, 6.07) is 7.72. The highest BCUT2D eigenvalue weighted by Crippen LogP contribution is 2.45. The lowest BCUT2D eigenvalue weighted by Crippen LogP contribution is -2.39. The molecule has 0 unspecified atom stereocenters. The fourth-order valence-corrected chi connectivity index (χ4v) is 5.50. The average Bonchev–Trinajstić information content (AvgIpc) is 3.16. The molecule has 1 fully saturated rings. The highest BCUT2D eigenvalue weighted by Gasteiger charge is 2.39. The first kappa shape index (κ1) is 18.9. The lowest BCUT2D eigenvalue weighted by Gasteiger charge is -2.26. The van der Waals surface area contributed by atoms with E-state index in [1.54, 1.807) is 36.2 Å². The fourth-order valence-electron chi connectivity index (χ4n) is 2.94. The Bertz CT molecular complexity index is 823. The maximum Gasteiger partial charge on any atom is 0.253 e. The third-order valence-electron chi connectivity index (χ3n) is 4.47. The van der Waals surface area contributed by atoms with E-state index < -0.39 is 5.82 Å². The number of likely N-dealkylation sites (N-methyl/N-ethyl adjacent to an activating group) is 1. The Kier molecular flexibility index (Phi) is 5.67. The van der Waals surface area contributed by atoms with Crippen molar-refractivity contribution in [1.29, 1.82) is 0 Å². The molecule has 1 aromatic carbocycles. The summed E-state index contributed by atoms with van der Waals surface area (Å²) in [5.74, 6) is -0.586. The van der Waals surface area contributed by atoms with Crippen LogP contribution in [0.1, 0.15) is 33.1 Å². The van der Waals surface area contributed by atoms with E-state index in [1.165, 1.54) is 33.5 Å². The molecule has 2 amide bonds. The number of nitrogens with zero attached hydrogens (tertiary/aromatic N) is 2. The third-order valence-corrected chi connectivity index (χ3v) is 7.05. The molecule has 2 atom stereocenters. The molecule has 0 aliphatic carbocycles. The van der Waals surface area contributed by atoms with Gasteiger partial charge in [0.2, 0.25) is 5.91 Å². The molecule has 1 aliphatic heterocycles. The second kappa shape index (κ2) is 7.80. The number of halogens is 1. The highest BCUT2D eigenvalue weighted by atomic mass is 32.2. The summed E-state index contributed by atoms with van der Waals surface area (Å²) >= 11 is 3.30. The number of carbonyl (C=O) groups excluding carboxylic acids is 2. The number of hydrogen-bond acceptors (Lipinski definition) is 4. The van der Waals surface area contributed by atoms with Crippen LogP contribution < -0.4 is 0 Å². The van der Waals surface area contributed by atoms with Crippen molar-refractivity contribution in [2.45, 2.75) is 24.5 Å². The Morgan fingerprint density at radius 3 is 2.77 bits per heavy atom. The second-order valence-corrected chi connectivity index (χ2v) is 8.74. The summed E-state index contributed by atoms with van der Waals surface area (Å²) in [6.07, 6.45) is 0. The monoisotopic (exact) mass is 392 g/mol. The van der Waals surface area contributed by atoms with Crippen LogP contribution in [0.4, 0.5) is 4.39 Å². The molecule has 0 N–H and O–H groups in total. The normalized spacial score (nSPS) is 19.8. The largest absolute Gasteiger partial charge is 0.340 e.